The number of fused-ring (bicyclic) bond motifs is 3. The minimum Gasteiger partial charge on any atom is -0.338 e. The van der Waals surface area contributed by atoms with Crippen LogP contribution < -0.4 is 0 Å². The first kappa shape index (κ1) is 16.6. The Labute approximate surface area is 164 Å². The summed E-state index contributed by atoms with van der Waals surface area (Å²) in [4.78, 5) is 15.3. The topological polar surface area (TPSA) is 20.3 Å². The fourth-order valence-electron chi connectivity index (χ4n) is 4.67. The molecule has 2 nitrogen and oxygen atoms in total. The van der Waals surface area contributed by atoms with Gasteiger partial charge in [0.05, 0.1) is 5.92 Å². The molecule has 3 aromatic rings. The van der Waals surface area contributed by atoms with Gasteiger partial charge in [0.25, 0.3) is 0 Å². The van der Waals surface area contributed by atoms with Gasteiger partial charge in [0.1, 0.15) is 0 Å². The van der Waals surface area contributed by atoms with Crippen molar-refractivity contribution in [1.82, 2.24) is 4.90 Å². The molecule has 2 aliphatic rings. The van der Waals surface area contributed by atoms with Crippen molar-refractivity contribution >= 4 is 17.5 Å². The van der Waals surface area contributed by atoms with Crippen LogP contribution in [0.2, 0.25) is 5.02 Å². The third kappa shape index (κ3) is 2.76. The van der Waals surface area contributed by atoms with E-state index in [0.29, 0.717) is 6.54 Å². The first-order valence-electron chi connectivity index (χ1n) is 9.44. The minimum absolute atomic E-state index is 0.0158. The number of hydrogen-bond donors (Lipinski definition) is 0. The maximum atomic E-state index is 13.3. The Hall–Kier alpha value is -2.58. The molecule has 1 atom stereocenters. The lowest BCUT2D eigenvalue weighted by Gasteiger charge is -2.22. The van der Waals surface area contributed by atoms with Crippen molar-refractivity contribution in [3.8, 4) is 11.1 Å². The van der Waals surface area contributed by atoms with E-state index in [9.17, 15) is 4.79 Å². The summed E-state index contributed by atoms with van der Waals surface area (Å²) >= 11 is 5.98. The summed E-state index contributed by atoms with van der Waals surface area (Å²) in [6, 6.07) is 24.9. The standard InChI is InChI=1S/C24H20ClNO/c25-17-11-9-16(10-12-17)15-26-14-13-22(24(26)27)23-20-7-3-1-5-18(20)19-6-2-4-8-21(19)23/h1-12,22-23H,13-15H2. The number of carbonyl (C=O) groups excluding carboxylic acids is 1. The molecule has 1 heterocycles. The molecule has 0 aromatic heterocycles. The molecular formula is C24H20ClNO. The summed E-state index contributed by atoms with van der Waals surface area (Å²) in [5.74, 6) is 0.448. The Morgan fingerprint density at radius 3 is 2.07 bits per heavy atom. The molecule has 3 aromatic carbocycles. The van der Waals surface area contributed by atoms with Gasteiger partial charge in [-0.1, -0.05) is 72.3 Å². The zero-order valence-electron chi connectivity index (χ0n) is 14.9. The fourth-order valence-corrected chi connectivity index (χ4v) is 4.79. The normalized spacial score (nSPS) is 18.6. The summed E-state index contributed by atoms with van der Waals surface area (Å²) < 4.78 is 0. The van der Waals surface area contributed by atoms with Crippen LogP contribution in [0.5, 0.6) is 0 Å². The van der Waals surface area contributed by atoms with Gasteiger partial charge in [0, 0.05) is 24.0 Å². The van der Waals surface area contributed by atoms with E-state index in [2.05, 4.69) is 48.5 Å². The number of hydrogen-bond acceptors (Lipinski definition) is 1. The number of nitrogens with zero attached hydrogens (tertiary/aromatic N) is 1. The van der Waals surface area contributed by atoms with Gasteiger partial charge in [0.2, 0.25) is 5.91 Å². The van der Waals surface area contributed by atoms with Crippen molar-refractivity contribution in [1.29, 1.82) is 0 Å². The Balaban J connectivity index is 1.45. The monoisotopic (exact) mass is 373 g/mol. The highest BCUT2D eigenvalue weighted by molar-refractivity contribution is 6.30. The molecule has 1 saturated heterocycles. The summed E-state index contributed by atoms with van der Waals surface area (Å²) in [7, 11) is 0. The van der Waals surface area contributed by atoms with Crippen LogP contribution >= 0.6 is 11.6 Å². The smallest absolute Gasteiger partial charge is 0.227 e. The van der Waals surface area contributed by atoms with Gasteiger partial charge in [-0.3, -0.25) is 4.79 Å². The van der Waals surface area contributed by atoms with Gasteiger partial charge in [-0.2, -0.15) is 0 Å². The number of benzene rings is 3. The molecule has 0 saturated carbocycles. The van der Waals surface area contributed by atoms with Crippen LogP contribution in [0.3, 0.4) is 0 Å². The van der Waals surface area contributed by atoms with Crippen molar-refractivity contribution in [2.75, 3.05) is 6.54 Å². The molecule has 0 bridgehead atoms. The molecule has 1 fully saturated rings. The maximum Gasteiger partial charge on any atom is 0.227 e. The van der Waals surface area contributed by atoms with Crippen molar-refractivity contribution in [2.45, 2.75) is 18.9 Å². The zero-order valence-corrected chi connectivity index (χ0v) is 15.7. The van der Waals surface area contributed by atoms with E-state index in [4.69, 9.17) is 11.6 Å². The molecule has 1 aliphatic heterocycles. The quantitative estimate of drug-likeness (QED) is 0.593. The van der Waals surface area contributed by atoms with Crippen LogP contribution in [0.1, 0.15) is 29.0 Å². The molecular weight excluding hydrogens is 354 g/mol. The van der Waals surface area contributed by atoms with Crippen LogP contribution in [0.25, 0.3) is 11.1 Å². The summed E-state index contributed by atoms with van der Waals surface area (Å²) in [6.07, 6.45) is 0.903. The van der Waals surface area contributed by atoms with E-state index in [-0.39, 0.29) is 17.7 Å². The fraction of sp³-hybridized carbons (Fsp3) is 0.208. The number of amides is 1. The summed E-state index contributed by atoms with van der Waals surface area (Å²) in [5, 5.41) is 0.726. The maximum absolute atomic E-state index is 13.3. The van der Waals surface area contributed by atoms with Gasteiger partial charge < -0.3 is 4.90 Å². The van der Waals surface area contributed by atoms with E-state index in [1.807, 2.05) is 29.2 Å². The Morgan fingerprint density at radius 2 is 1.44 bits per heavy atom. The van der Waals surface area contributed by atoms with Crippen LogP contribution in [0.4, 0.5) is 0 Å². The van der Waals surface area contributed by atoms with Crippen LogP contribution in [0.15, 0.2) is 72.8 Å². The zero-order chi connectivity index (χ0) is 18.4. The van der Waals surface area contributed by atoms with Crippen molar-refractivity contribution in [3.05, 3.63) is 94.5 Å². The molecule has 0 N–H and O–H groups in total. The predicted molar refractivity (Wildman–Crippen MR) is 109 cm³/mol. The Morgan fingerprint density at radius 1 is 0.852 bits per heavy atom. The Kier molecular flexibility index (Phi) is 4.02. The van der Waals surface area contributed by atoms with E-state index in [1.54, 1.807) is 0 Å². The lowest BCUT2D eigenvalue weighted by atomic mass is 9.83. The average molecular weight is 374 g/mol. The molecule has 27 heavy (non-hydrogen) atoms. The molecule has 3 heteroatoms. The van der Waals surface area contributed by atoms with Gasteiger partial charge in [-0.25, -0.2) is 0 Å². The van der Waals surface area contributed by atoms with Crippen molar-refractivity contribution < 1.29 is 4.79 Å². The summed E-state index contributed by atoms with van der Waals surface area (Å²) in [6.45, 7) is 1.47. The minimum atomic E-state index is 0.0158. The Bertz CT molecular complexity index is 965. The van der Waals surface area contributed by atoms with E-state index in [0.717, 1.165) is 23.6 Å². The molecule has 0 spiro atoms. The number of likely N-dealkylation sites (tertiary alicyclic amines) is 1. The van der Waals surface area contributed by atoms with Crippen LogP contribution in [0, 0.1) is 5.92 Å². The average Bonchev–Trinajstić information content (AvgIpc) is 3.21. The number of halogens is 1. The largest absolute Gasteiger partial charge is 0.338 e. The molecule has 1 aliphatic carbocycles. The highest BCUT2D eigenvalue weighted by atomic mass is 35.5. The molecule has 134 valence electrons. The van der Waals surface area contributed by atoms with Crippen molar-refractivity contribution in [3.63, 3.8) is 0 Å². The number of rotatable bonds is 3. The highest BCUT2D eigenvalue weighted by Gasteiger charge is 2.42. The summed E-state index contributed by atoms with van der Waals surface area (Å²) in [5.41, 5.74) is 6.28. The van der Waals surface area contributed by atoms with Gasteiger partial charge in [-0.05, 0) is 46.4 Å². The van der Waals surface area contributed by atoms with Gasteiger partial charge >= 0.3 is 0 Å². The molecule has 1 amide bonds. The highest BCUT2D eigenvalue weighted by Crippen LogP contribution is 2.50. The van der Waals surface area contributed by atoms with E-state index in [1.165, 1.54) is 22.3 Å². The second kappa shape index (κ2) is 6.54. The first-order valence-corrected chi connectivity index (χ1v) is 9.81. The van der Waals surface area contributed by atoms with E-state index >= 15 is 0 Å². The third-order valence-corrected chi connectivity index (χ3v) is 6.16. The molecule has 0 radical (unpaired) electrons. The molecule has 5 rings (SSSR count). The number of carbonyl (C=O) groups is 1. The van der Waals surface area contributed by atoms with Gasteiger partial charge in [0.15, 0.2) is 0 Å². The molecule has 1 unspecified atom stereocenters. The first-order chi connectivity index (χ1) is 13.2. The third-order valence-electron chi connectivity index (χ3n) is 5.91. The van der Waals surface area contributed by atoms with Gasteiger partial charge in [-0.15, -0.1) is 0 Å². The second-order valence-electron chi connectivity index (χ2n) is 7.43. The second-order valence-corrected chi connectivity index (χ2v) is 7.87. The lowest BCUT2D eigenvalue weighted by Crippen LogP contribution is -2.29. The SMILES string of the molecule is O=C1C(C2c3ccccc3-c3ccccc32)CCN1Cc1ccc(Cl)cc1. The lowest BCUT2D eigenvalue weighted by molar-refractivity contribution is -0.131. The van der Waals surface area contributed by atoms with Crippen molar-refractivity contribution in [2.24, 2.45) is 5.92 Å². The van der Waals surface area contributed by atoms with Crippen LogP contribution in [-0.4, -0.2) is 17.4 Å². The van der Waals surface area contributed by atoms with E-state index < -0.39 is 0 Å². The van der Waals surface area contributed by atoms with Crippen LogP contribution in [-0.2, 0) is 11.3 Å². The predicted octanol–water partition coefficient (Wildman–Crippen LogP) is 5.50.